The van der Waals surface area contributed by atoms with E-state index >= 15 is 0 Å². The number of hydroxylamine groups is 2. The molecule has 12 aromatic heterocycles. The standard InChI is InChI=1S/C20H19N11.C19H18N12.C19H21N11O/c1-13-5-25-30-9-16(14-6-24-28(2)7-14)26-17(18(13)30)15-8-31(27-19(15)23)20(3-4-21)10-29(11-20)12-22;1-28-6-12(17(22)26-28)14-8-30-15(2-5-24-30)16(25-14)13-7-31(27-18(13)23)19(3-4-20)9-29(10-19)11-21;1-27-16(21)7-13(25-27)14-9-29-15(3-6-23-29)17(24-14)12-8-30(26-18(12)22)19(4-5-20)10-28(11-19)31-2/h5-9H,3,10-11H2,1-2H3,(H2,23,27);2,5-8H,3,9-10H2,1H3,(H2,22,26)(H2,23,27);3,6-9H,4,10-11,21H2,1-2H3,(H2,22,26). The van der Waals surface area contributed by atoms with Crippen LogP contribution < -0.4 is 28.7 Å². The summed E-state index contributed by atoms with van der Waals surface area (Å²) in [5, 5.41) is 87.6. The van der Waals surface area contributed by atoms with E-state index in [0.29, 0.717) is 125 Å². The first-order valence-electron chi connectivity index (χ1n) is 28.7. The lowest BCUT2D eigenvalue weighted by atomic mass is 9.87. The molecule has 0 spiro atoms. The van der Waals surface area contributed by atoms with Gasteiger partial charge < -0.3 is 43.3 Å². The molecule has 0 atom stereocenters. The van der Waals surface area contributed by atoms with E-state index in [2.05, 4.69) is 76.5 Å². The van der Waals surface area contributed by atoms with E-state index in [-0.39, 0.29) is 25.1 Å². The number of anilines is 5. The molecule has 0 saturated carbocycles. The molecule has 93 heavy (non-hydrogen) atoms. The number of nitrogens with zero attached hydrogens (tertiary/aromatic N) is 29. The second-order valence-corrected chi connectivity index (χ2v) is 23.1. The lowest BCUT2D eigenvalue weighted by Gasteiger charge is -2.47. The number of nitrogen functional groups attached to an aromatic ring is 5. The second kappa shape index (κ2) is 22.6. The quantitative estimate of drug-likeness (QED) is 0.104. The number of hydrogen-bond acceptors (Lipinski definition) is 26. The molecule has 3 saturated heterocycles. The van der Waals surface area contributed by atoms with Gasteiger partial charge in [0, 0.05) is 63.8 Å². The molecule has 10 N–H and O–H groups in total. The minimum Gasteiger partial charge on any atom is -0.384 e. The van der Waals surface area contributed by atoms with Gasteiger partial charge >= 0.3 is 0 Å². The first-order valence-corrected chi connectivity index (χ1v) is 28.7. The summed E-state index contributed by atoms with van der Waals surface area (Å²) in [4.78, 5) is 23.0. The van der Waals surface area contributed by atoms with E-state index in [9.17, 15) is 15.8 Å². The number of aromatic nitrogens is 21. The average molecular weight is 1250 g/mol. The molecule has 15 heterocycles. The highest BCUT2D eigenvalue weighted by Crippen LogP contribution is 2.41. The molecule has 0 unspecified atom stereocenters. The highest BCUT2D eigenvalue weighted by molar-refractivity contribution is 5.87. The Bertz CT molecular complexity index is 5080. The van der Waals surface area contributed by atoms with Crippen LogP contribution in [0.4, 0.5) is 29.1 Å². The van der Waals surface area contributed by atoms with Crippen LogP contribution in [-0.4, -0.2) is 164 Å². The molecule has 35 nitrogen and oxygen atoms in total. The summed E-state index contributed by atoms with van der Waals surface area (Å²) < 4.78 is 15.3. The molecule has 0 aromatic carbocycles. The molecule has 0 radical (unpaired) electrons. The van der Waals surface area contributed by atoms with Gasteiger partial charge in [-0.25, -0.2) is 28.5 Å². The van der Waals surface area contributed by atoms with Crippen molar-refractivity contribution in [2.75, 3.05) is 75.0 Å². The highest BCUT2D eigenvalue weighted by Gasteiger charge is 2.48. The van der Waals surface area contributed by atoms with E-state index in [1.807, 2.05) is 50.9 Å². The maximum atomic E-state index is 9.36. The summed E-state index contributed by atoms with van der Waals surface area (Å²) in [5.74, 6) is 1.79. The summed E-state index contributed by atoms with van der Waals surface area (Å²) in [6.45, 7) is 4.69. The molecule has 0 aliphatic carbocycles. The predicted octanol–water partition coefficient (Wildman–Crippen LogP) is 2.50. The fourth-order valence-electron chi connectivity index (χ4n) is 12.0. The third-order valence-electron chi connectivity index (χ3n) is 16.9. The summed E-state index contributed by atoms with van der Waals surface area (Å²) in [6.07, 6.45) is 26.4. The van der Waals surface area contributed by atoms with Crippen LogP contribution in [0.25, 0.3) is 84.2 Å². The van der Waals surface area contributed by atoms with Crippen molar-refractivity contribution < 1.29 is 4.84 Å². The number of aryl methyl sites for hydroxylation is 4. The maximum absolute atomic E-state index is 9.36. The van der Waals surface area contributed by atoms with Crippen molar-refractivity contribution in [2.45, 2.75) is 42.8 Å². The van der Waals surface area contributed by atoms with Crippen LogP contribution >= 0.6 is 0 Å². The topological polar surface area (TPSA) is 465 Å². The zero-order valence-corrected chi connectivity index (χ0v) is 50.8. The van der Waals surface area contributed by atoms with Crippen LogP contribution in [0.3, 0.4) is 0 Å². The number of fused-ring (bicyclic) bond motifs is 3. The van der Waals surface area contributed by atoms with E-state index in [1.54, 1.807) is 133 Å². The van der Waals surface area contributed by atoms with Crippen molar-refractivity contribution in [3.63, 3.8) is 0 Å². The van der Waals surface area contributed by atoms with E-state index in [4.69, 9.17) is 59.0 Å². The van der Waals surface area contributed by atoms with Crippen LogP contribution in [0.1, 0.15) is 24.8 Å². The number of hydrogen-bond donors (Lipinski definition) is 5. The molecular formula is C58H58N34O. The molecular weight excluding hydrogens is 1190 g/mol. The Morgan fingerprint density at radius 2 is 0.978 bits per heavy atom. The average Bonchev–Trinajstić information content (AvgIpc) is 1.66. The number of nitriles is 5. The summed E-state index contributed by atoms with van der Waals surface area (Å²) in [5.41, 5.74) is 40.4. The van der Waals surface area contributed by atoms with Gasteiger partial charge in [0.25, 0.3) is 0 Å². The molecule has 0 bridgehead atoms. The number of rotatable bonds is 13. The predicted molar refractivity (Wildman–Crippen MR) is 334 cm³/mol. The van der Waals surface area contributed by atoms with Gasteiger partial charge in [-0.3, -0.25) is 28.1 Å². The van der Waals surface area contributed by atoms with Crippen molar-refractivity contribution in [1.82, 2.24) is 117 Å². The van der Waals surface area contributed by atoms with Gasteiger partial charge in [-0.2, -0.15) is 77.3 Å². The largest absolute Gasteiger partial charge is 0.384 e. The van der Waals surface area contributed by atoms with Crippen LogP contribution in [-0.2, 0) is 42.6 Å². The minimum absolute atomic E-state index is 0.216. The second-order valence-electron chi connectivity index (χ2n) is 23.1. The van der Waals surface area contributed by atoms with Gasteiger partial charge in [-0.1, -0.05) is 0 Å². The molecule has 3 fully saturated rings. The first kappa shape index (κ1) is 59.1. The van der Waals surface area contributed by atoms with Gasteiger partial charge in [0.2, 0.25) is 0 Å². The lowest BCUT2D eigenvalue weighted by molar-refractivity contribution is -0.226. The van der Waals surface area contributed by atoms with Crippen LogP contribution in [0.5, 0.6) is 0 Å². The Morgan fingerprint density at radius 3 is 1.44 bits per heavy atom. The first-order chi connectivity index (χ1) is 44.8. The van der Waals surface area contributed by atoms with Crippen LogP contribution in [0.15, 0.2) is 92.6 Å². The fraction of sp³-hybridized carbons (Fsp3) is 0.293. The molecule has 0 amide bonds. The Kier molecular flexibility index (Phi) is 14.4. The van der Waals surface area contributed by atoms with E-state index in [0.717, 1.165) is 27.7 Å². The van der Waals surface area contributed by atoms with Gasteiger partial charge in [-0.05, 0) is 24.6 Å². The van der Waals surface area contributed by atoms with Crippen molar-refractivity contribution >= 4 is 45.6 Å². The van der Waals surface area contributed by atoms with Gasteiger partial charge in [0.15, 0.2) is 35.7 Å². The summed E-state index contributed by atoms with van der Waals surface area (Å²) in [6, 6.07) is 12.1. The monoisotopic (exact) mass is 1250 g/mol. The summed E-state index contributed by atoms with van der Waals surface area (Å²) >= 11 is 0. The van der Waals surface area contributed by atoms with E-state index in [1.165, 1.54) is 0 Å². The van der Waals surface area contributed by atoms with Crippen LogP contribution in [0, 0.1) is 63.8 Å². The SMILES string of the molecule is CON1CC(CC#N)(n2cc(-c3nc(-c4cc(N)n(C)n4)cn4nccc34)c(N)n2)C1.Cc1cnn2cc(-c3cnn(C)c3)nc(-c3cn(C4(CC#N)CN(C#N)C4)nc3N)c12.Cn1cc(-c2cn3nccc3c(-c3cn(C4(CC#N)CN(C#N)C4)nc3N)n2)c(N)n1. The Labute approximate surface area is 527 Å². The molecule has 15 rings (SSSR count). The molecule has 3 aliphatic heterocycles. The molecule has 466 valence electrons. The number of likely N-dealkylation sites (tertiary alicyclic amines) is 2. The molecule has 12 aromatic rings. The van der Waals surface area contributed by atoms with Crippen molar-refractivity contribution in [1.29, 1.82) is 26.3 Å². The lowest BCUT2D eigenvalue weighted by Crippen LogP contribution is -2.62. The maximum Gasteiger partial charge on any atom is 0.179 e. The fourth-order valence-corrected chi connectivity index (χ4v) is 12.0. The Morgan fingerprint density at radius 1 is 0.495 bits per heavy atom. The van der Waals surface area contributed by atoms with E-state index < -0.39 is 16.6 Å². The minimum atomic E-state index is -0.598. The smallest absolute Gasteiger partial charge is 0.179 e. The third-order valence-corrected chi connectivity index (χ3v) is 16.9. The third kappa shape index (κ3) is 10.2. The molecule has 35 heteroatoms. The highest BCUT2D eigenvalue weighted by atomic mass is 16.7. The van der Waals surface area contributed by atoms with Crippen molar-refractivity contribution in [2.24, 2.45) is 21.1 Å². The molecule has 3 aliphatic rings. The summed E-state index contributed by atoms with van der Waals surface area (Å²) in [7, 11) is 7.01. The zero-order chi connectivity index (χ0) is 65.3. The van der Waals surface area contributed by atoms with Gasteiger partial charge in [-0.15, -0.1) is 0 Å². The number of nitrogens with two attached hydrogens (primary N) is 5. The van der Waals surface area contributed by atoms with Gasteiger partial charge in [0.1, 0.15) is 50.9 Å². The Hall–Kier alpha value is -12.9. The van der Waals surface area contributed by atoms with Gasteiger partial charge in [0.05, 0.1) is 177 Å². The normalized spacial score (nSPS) is 15.2. The van der Waals surface area contributed by atoms with Crippen molar-refractivity contribution in [3.8, 4) is 98.3 Å². The van der Waals surface area contributed by atoms with Crippen LogP contribution in [0.2, 0.25) is 0 Å². The van der Waals surface area contributed by atoms with Crippen molar-refractivity contribution in [3.05, 3.63) is 98.1 Å². The Balaban J connectivity index is 0.000000127. The zero-order valence-electron chi connectivity index (χ0n) is 50.8.